The summed E-state index contributed by atoms with van der Waals surface area (Å²) in [4.78, 5) is 37.5. The second-order valence-electron chi connectivity index (χ2n) is 6.25. The van der Waals surface area contributed by atoms with Crippen LogP contribution in [-0.2, 0) is 4.79 Å². The number of rotatable bonds is 4. The number of anilines is 1. The third-order valence-electron chi connectivity index (χ3n) is 4.39. The third-order valence-corrected chi connectivity index (χ3v) is 4.64. The minimum Gasteiger partial charge on any atom is -0.484 e. The Morgan fingerprint density at radius 1 is 0.821 bits per heavy atom. The van der Waals surface area contributed by atoms with Crippen molar-refractivity contribution < 1.29 is 19.1 Å². The number of hydrogen-bond donors (Lipinski definition) is 1. The second-order valence-corrected chi connectivity index (χ2v) is 6.69. The molecule has 0 unspecified atom stereocenters. The summed E-state index contributed by atoms with van der Waals surface area (Å²) in [6, 6.07) is 18.0. The summed E-state index contributed by atoms with van der Waals surface area (Å²) in [5.74, 6) is -0.305. The van der Waals surface area contributed by atoms with E-state index in [0.717, 1.165) is 0 Å². The number of nitrogens with one attached hydrogen (secondary N) is 1. The molecule has 1 aliphatic carbocycles. The molecule has 1 aliphatic rings. The topological polar surface area (TPSA) is 72.5 Å². The number of halogens is 1. The average Bonchev–Trinajstić information content (AvgIpc) is 2.71. The van der Waals surface area contributed by atoms with Crippen LogP contribution in [0.25, 0.3) is 0 Å². The molecule has 1 N–H and O–H groups in total. The molecule has 0 aliphatic heterocycles. The first-order chi connectivity index (χ1) is 13.5. The van der Waals surface area contributed by atoms with E-state index < -0.39 is 0 Å². The van der Waals surface area contributed by atoms with Crippen molar-refractivity contribution in [3.63, 3.8) is 0 Å². The maximum Gasteiger partial charge on any atom is 0.262 e. The maximum absolute atomic E-state index is 12.7. The minimum atomic E-state index is -0.384. The van der Waals surface area contributed by atoms with Gasteiger partial charge in [-0.05, 0) is 42.5 Å². The largest absolute Gasteiger partial charge is 0.484 e. The van der Waals surface area contributed by atoms with Crippen LogP contribution in [0.15, 0.2) is 66.7 Å². The van der Waals surface area contributed by atoms with E-state index in [0.29, 0.717) is 33.1 Å². The Labute approximate surface area is 165 Å². The van der Waals surface area contributed by atoms with Crippen LogP contribution in [-0.4, -0.2) is 24.1 Å². The summed E-state index contributed by atoms with van der Waals surface area (Å²) in [6.07, 6.45) is 0. The normalized spacial score (nSPS) is 12.2. The van der Waals surface area contributed by atoms with Crippen molar-refractivity contribution in [2.45, 2.75) is 0 Å². The molecule has 28 heavy (non-hydrogen) atoms. The Hall–Kier alpha value is -3.44. The predicted molar refractivity (Wildman–Crippen MR) is 105 cm³/mol. The zero-order valence-corrected chi connectivity index (χ0v) is 15.3. The van der Waals surface area contributed by atoms with Crippen LogP contribution in [0.3, 0.4) is 0 Å². The van der Waals surface area contributed by atoms with Crippen LogP contribution in [0.1, 0.15) is 31.8 Å². The zero-order valence-electron chi connectivity index (χ0n) is 14.6. The summed E-state index contributed by atoms with van der Waals surface area (Å²) < 4.78 is 5.40. The van der Waals surface area contributed by atoms with Gasteiger partial charge in [0.1, 0.15) is 5.75 Å². The molecule has 0 bridgehead atoms. The molecule has 0 saturated carbocycles. The standard InChI is InChI=1S/C22H14ClNO4/c23-13-5-8-15(9-6-13)28-12-20(25)24-14-7-10-18-19(11-14)22(27)17-4-2-1-3-16(17)21(18)26/h1-11H,12H2,(H,24,25). The van der Waals surface area contributed by atoms with Gasteiger partial charge < -0.3 is 10.1 Å². The molecule has 0 aromatic heterocycles. The number of carbonyl (C=O) groups excluding carboxylic acids is 3. The number of benzene rings is 3. The van der Waals surface area contributed by atoms with E-state index in [4.69, 9.17) is 16.3 Å². The second kappa shape index (κ2) is 7.29. The van der Waals surface area contributed by atoms with Gasteiger partial charge in [0.05, 0.1) is 0 Å². The molecule has 6 heteroatoms. The van der Waals surface area contributed by atoms with Gasteiger partial charge in [-0.1, -0.05) is 35.9 Å². The molecule has 0 fully saturated rings. The fourth-order valence-electron chi connectivity index (χ4n) is 3.05. The van der Waals surface area contributed by atoms with Crippen molar-refractivity contribution in [3.05, 3.63) is 94.0 Å². The fraction of sp³-hybridized carbons (Fsp3) is 0.0455. The van der Waals surface area contributed by atoms with E-state index >= 15 is 0 Å². The van der Waals surface area contributed by atoms with Crippen LogP contribution < -0.4 is 10.1 Å². The van der Waals surface area contributed by atoms with E-state index in [2.05, 4.69) is 5.32 Å². The van der Waals surface area contributed by atoms with Gasteiger partial charge >= 0.3 is 0 Å². The molecule has 3 aromatic carbocycles. The van der Waals surface area contributed by atoms with Gasteiger partial charge in [-0.25, -0.2) is 0 Å². The molecular weight excluding hydrogens is 378 g/mol. The number of ketones is 2. The first-order valence-electron chi connectivity index (χ1n) is 8.53. The van der Waals surface area contributed by atoms with Crippen LogP contribution in [0, 0.1) is 0 Å². The summed E-state index contributed by atoms with van der Waals surface area (Å²) in [5.41, 5.74) is 1.80. The lowest BCUT2D eigenvalue weighted by molar-refractivity contribution is -0.118. The van der Waals surface area contributed by atoms with Crippen LogP contribution in [0.2, 0.25) is 5.02 Å². The SMILES string of the molecule is O=C(COc1ccc(Cl)cc1)Nc1ccc2c(c1)C(=O)c1ccccc1C2=O. The Morgan fingerprint density at radius 2 is 1.43 bits per heavy atom. The Morgan fingerprint density at radius 3 is 2.11 bits per heavy atom. The molecule has 1 amide bonds. The number of hydrogen-bond acceptors (Lipinski definition) is 4. The molecule has 138 valence electrons. The first kappa shape index (κ1) is 17.9. The van der Waals surface area contributed by atoms with E-state index in [-0.39, 0.29) is 29.6 Å². The van der Waals surface area contributed by atoms with Gasteiger partial charge in [-0.2, -0.15) is 0 Å². The predicted octanol–water partition coefficient (Wildman–Crippen LogP) is 4.13. The van der Waals surface area contributed by atoms with E-state index in [1.54, 1.807) is 60.7 Å². The van der Waals surface area contributed by atoms with Crippen LogP contribution >= 0.6 is 11.6 Å². The Balaban J connectivity index is 1.50. The summed E-state index contributed by atoms with van der Waals surface area (Å²) in [5, 5.41) is 3.26. The number of carbonyl (C=O) groups is 3. The number of amides is 1. The molecule has 0 saturated heterocycles. The molecule has 0 heterocycles. The van der Waals surface area contributed by atoms with Crippen molar-refractivity contribution in [3.8, 4) is 5.75 Å². The number of fused-ring (bicyclic) bond motifs is 2. The first-order valence-corrected chi connectivity index (χ1v) is 8.91. The average molecular weight is 392 g/mol. The zero-order chi connectivity index (χ0) is 19.7. The molecule has 0 radical (unpaired) electrons. The third kappa shape index (κ3) is 3.40. The Kier molecular flexibility index (Phi) is 4.67. The lowest BCUT2D eigenvalue weighted by Crippen LogP contribution is -2.23. The van der Waals surface area contributed by atoms with Crippen LogP contribution in [0.5, 0.6) is 5.75 Å². The molecule has 0 atom stereocenters. The summed E-state index contributed by atoms with van der Waals surface area (Å²) in [6.45, 7) is -0.200. The van der Waals surface area contributed by atoms with Gasteiger partial charge in [0.25, 0.3) is 5.91 Å². The van der Waals surface area contributed by atoms with E-state index in [1.807, 2.05) is 0 Å². The van der Waals surface area contributed by atoms with Crippen LogP contribution in [0.4, 0.5) is 5.69 Å². The lowest BCUT2D eigenvalue weighted by Gasteiger charge is -2.18. The molecule has 3 aromatic rings. The Bertz CT molecular complexity index is 1110. The highest BCUT2D eigenvalue weighted by atomic mass is 35.5. The molecular formula is C22H14ClNO4. The van der Waals surface area contributed by atoms with Crippen molar-refractivity contribution in [2.24, 2.45) is 0 Å². The van der Waals surface area contributed by atoms with Gasteiger partial charge in [0.15, 0.2) is 18.2 Å². The highest BCUT2D eigenvalue weighted by Crippen LogP contribution is 2.29. The highest BCUT2D eigenvalue weighted by Gasteiger charge is 2.29. The van der Waals surface area contributed by atoms with Crippen molar-refractivity contribution >= 4 is 34.8 Å². The van der Waals surface area contributed by atoms with Gasteiger partial charge in [0.2, 0.25) is 0 Å². The van der Waals surface area contributed by atoms with Gasteiger partial charge in [0, 0.05) is 33.0 Å². The van der Waals surface area contributed by atoms with Crippen molar-refractivity contribution in [2.75, 3.05) is 11.9 Å². The van der Waals surface area contributed by atoms with Gasteiger partial charge in [-0.15, -0.1) is 0 Å². The maximum atomic E-state index is 12.7. The molecule has 5 nitrogen and oxygen atoms in total. The summed E-state index contributed by atoms with van der Waals surface area (Å²) in [7, 11) is 0. The van der Waals surface area contributed by atoms with E-state index in [1.165, 1.54) is 6.07 Å². The monoisotopic (exact) mass is 391 g/mol. The lowest BCUT2D eigenvalue weighted by atomic mass is 9.84. The highest BCUT2D eigenvalue weighted by molar-refractivity contribution is 6.30. The quantitative estimate of drug-likeness (QED) is 0.567. The smallest absolute Gasteiger partial charge is 0.262 e. The minimum absolute atomic E-state index is 0.200. The molecule has 0 spiro atoms. The fourth-order valence-corrected chi connectivity index (χ4v) is 3.18. The van der Waals surface area contributed by atoms with Crippen molar-refractivity contribution in [1.82, 2.24) is 0 Å². The van der Waals surface area contributed by atoms with E-state index in [9.17, 15) is 14.4 Å². The summed E-state index contributed by atoms with van der Waals surface area (Å²) >= 11 is 5.81. The number of ether oxygens (including phenoxy) is 1. The molecule has 4 rings (SSSR count). The van der Waals surface area contributed by atoms with Gasteiger partial charge in [-0.3, -0.25) is 14.4 Å². The van der Waals surface area contributed by atoms with Crippen molar-refractivity contribution in [1.29, 1.82) is 0 Å².